The Hall–Kier alpha value is -3.89. The van der Waals surface area contributed by atoms with Crippen molar-refractivity contribution < 1.29 is 28.7 Å². The third-order valence-electron chi connectivity index (χ3n) is 7.61. The van der Waals surface area contributed by atoms with Crippen LogP contribution in [0.4, 0.5) is 5.69 Å². The van der Waals surface area contributed by atoms with Crippen LogP contribution in [0, 0.1) is 5.92 Å². The maximum absolute atomic E-state index is 13.5. The Bertz CT molecular complexity index is 1250. The first-order chi connectivity index (χ1) is 18.8. The summed E-state index contributed by atoms with van der Waals surface area (Å²) in [4.78, 5) is 64.7. The van der Waals surface area contributed by atoms with Gasteiger partial charge in [0, 0.05) is 18.9 Å². The van der Waals surface area contributed by atoms with E-state index in [1.54, 1.807) is 49.4 Å². The van der Waals surface area contributed by atoms with Crippen LogP contribution in [0.3, 0.4) is 0 Å². The Labute approximate surface area is 227 Å². The molecule has 0 spiro atoms. The summed E-state index contributed by atoms with van der Waals surface area (Å²) in [5.74, 6) is -1.81. The first-order valence-electron chi connectivity index (χ1n) is 13.2. The lowest BCUT2D eigenvalue weighted by atomic mass is 9.81. The van der Waals surface area contributed by atoms with Crippen molar-refractivity contribution in [1.29, 1.82) is 0 Å². The smallest absolute Gasteiger partial charge is 0.334 e. The van der Waals surface area contributed by atoms with Gasteiger partial charge in [-0.2, -0.15) is 0 Å². The van der Waals surface area contributed by atoms with Crippen LogP contribution in [0.1, 0.15) is 48.5 Å². The van der Waals surface area contributed by atoms with Crippen molar-refractivity contribution in [3.8, 4) is 5.75 Å². The topological polar surface area (TPSA) is 158 Å². The van der Waals surface area contributed by atoms with Gasteiger partial charge in [0.1, 0.15) is 29.4 Å². The molecule has 4 N–H and O–H groups in total. The van der Waals surface area contributed by atoms with Crippen LogP contribution in [-0.2, 0) is 25.6 Å². The second-order valence-corrected chi connectivity index (χ2v) is 10.1. The number of esters is 1. The Morgan fingerprint density at radius 2 is 1.90 bits per heavy atom. The van der Waals surface area contributed by atoms with Gasteiger partial charge in [-0.3, -0.25) is 14.9 Å². The van der Waals surface area contributed by atoms with E-state index in [1.807, 2.05) is 6.07 Å². The predicted molar refractivity (Wildman–Crippen MR) is 144 cm³/mol. The molecule has 0 saturated carbocycles. The van der Waals surface area contributed by atoms with E-state index >= 15 is 0 Å². The van der Waals surface area contributed by atoms with Crippen LogP contribution in [-0.4, -0.2) is 61.1 Å². The minimum Gasteiger partial charge on any atom is -0.425 e. The van der Waals surface area contributed by atoms with Crippen molar-refractivity contribution in [3.05, 3.63) is 59.7 Å². The van der Waals surface area contributed by atoms with E-state index in [0.717, 1.165) is 31.2 Å². The van der Waals surface area contributed by atoms with Crippen LogP contribution in [0.15, 0.2) is 48.5 Å². The van der Waals surface area contributed by atoms with Gasteiger partial charge in [0.25, 0.3) is 5.91 Å². The summed E-state index contributed by atoms with van der Waals surface area (Å²) in [5, 5.41) is 5.62. The molecule has 2 aromatic carbocycles. The third-order valence-corrected chi connectivity index (χ3v) is 7.61. The van der Waals surface area contributed by atoms with Crippen molar-refractivity contribution >= 4 is 36.0 Å². The average molecular weight is 535 g/mol. The lowest BCUT2D eigenvalue weighted by Gasteiger charge is -2.30. The van der Waals surface area contributed by atoms with Gasteiger partial charge < -0.3 is 30.3 Å². The van der Waals surface area contributed by atoms with E-state index in [1.165, 1.54) is 4.90 Å². The number of unbranched alkanes of at least 4 members (excludes halogenated alkanes) is 2. The van der Waals surface area contributed by atoms with Crippen LogP contribution in [0.25, 0.3) is 0 Å². The van der Waals surface area contributed by atoms with Gasteiger partial charge >= 0.3 is 5.97 Å². The first-order valence-corrected chi connectivity index (χ1v) is 13.2. The maximum atomic E-state index is 13.5. The SMILES string of the molecule is CC(CN1C(=O)CNC(=O)c2cc(CCCCCN)ccc21)[C@@]1(C(=O)Oc2ccccc2)NC1(C=O)CC=O. The summed E-state index contributed by atoms with van der Waals surface area (Å²) in [6.07, 6.45) is 4.52. The fraction of sp³-hybridized carbons (Fsp3) is 0.414. The largest absolute Gasteiger partial charge is 0.425 e. The standard InChI is InChI=1S/C29H34N4O6/c1-20(29(28(19-35,32-29)13-15-34)27(38)39-22-9-5-2-6-10-22)18-33-24-12-11-21(8-4-3-7-14-30)16-23(24)26(37)31-17-25(33)36/h2,5-6,9-12,15-16,19-20,32H,3-4,7-8,13-14,17-18,30H2,1H3,(H,31,37)/t20?,28?,29-/m0/s1. The number of carbonyl (C=O) groups excluding carboxylic acids is 5. The molecule has 0 bridgehead atoms. The van der Waals surface area contributed by atoms with E-state index in [9.17, 15) is 24.0 Å². The van der Waals surface area contributed by atoms with Crippen molar-refractivity contribution in [2.24, 2.45) is 11.7 Å². The number of nitrogens with one attached hydrogen (secondary N) is 2. The van der Waals surface area contributed by atoms with Crippen LogP contribution < -0.4 is 26.0 Å². The molecule has 2 aliphatic rings. The molecule has 39 heavy (non-hydrogen) atoms. The van der Waals surface area contributed by atoms with E-state index in [0.29, 0.717) is 36.1 Å². The zero-order valence-corrected chi connectivity index (χ0v) is 22.0. The number of fused-ring (bicyclic) bond motifs is 1. The number of nitrogens with zero attached hydrogens (tertiary/aromatic N) is 1. The van der Waals surface area contributed by atoms with Crippen molar-refractivity contribution in [2.75, 3.05) is 24.5 Å². The Morgan fingerprint density at radius 1 is 1.13 bits per heavy atom. The highest BCUT2D eigenvalue weighted by molar-refractivity contribution is 6.10. The number of benzene rings is 2. The van der Waals surface area contributed by atoms with Gasteiger partial charge in [-0.15, -0.1) is 0 Å². The minimum absolute atomic E-state index is 0.00196. The van der Waals surface area contributed by atoms with Gasteiger partial charge in [0.05, 0.1) is 17.8 Å². The normalized spacial score (nSPS) is 22.8. The lowest BCUT2D eigenvalue weighted by molar-refractivity contribution is -0.140. The average Bonchev–Trinajstić information content (AvgIpc) is 3.65. The molecule has 1 saturated heterocycles. The molecule has 0 radical (unpaired) electrons. The number of nitrogens with two attached hydrogens (primary N) is 1. The molecule has 0 aliphatic carbocycles. The predicted octanol–water partition coefficient (Wildman–Crippen LogP) is 1.54. The number of carbonyl (C=O) groups is 5. The van der Waals surface area contributed by atoms with Crippen molar-refractivity contribution in [2.45, 2.75) is 50.1 Å². The number of aldehydes is 2. The second kappa shape index (κ2) is 11.9. The quantitative estimate of drug-likeness (QED) is 0.115. The Balaban J connectivity index is 1.63. The molecule has 2 unspecified atom stereocenters. The summed E-state index contributed by atoms with van der Waals surface area (Å²) in [6, 6.07) is 13.8. The number of rotatable bonds is 13. The molecule has 2 heterocycles. The first kappa shape index (κ1) is 28.1. The fourth-order valence-electron chi connectivity index (χ4n) is 5.41. The number of hydrogen-bond donors (Lipinski definition) is 3. The number of ether oxygens (including phenoxy) is 1. The molecule has 2 aromatic rings. The molecule has 3 atom stereocenters. The molecular formula is C29H34N4O6. The highest BCUT2D eigenvalue weighted by atomic mass is 16.5. The number of hydrogen-bond acceptors (Lipinski definition) is 8. The van der Waals surface area contributed by atoms with Gasteiger partial charge in [0.15, 0.2) is 0 Å². The maximum Gasteiger partial charge on any atom is 0.334 e. The number of aryl methyl sites for hydroxylation is 1. The zero-order chi connectivity index (χ0) is 28.0. The van der Waals surface area contributed by atoms with E-state index in [4.69, 9.17) is 10.5 Å². The third kappa shape index (κ3) is 5.48. The fourth-order valence-corrected chi connectivity index (χ4v) is 5.41. The minimum atomic E-state index is -1.54. The molecule has 10 heteroatoms. The molecule has 206 valence electrons. The molecule has 2 amide bonds. The summed E-state index contributed by atoms with van der Waals surface area (Å²) < 4.78 is 5.61. The summed E-state index contributed by atoms with van der Waals surface area (Å²) in [7, 11) is 0. The van der Waals surface area contributed by atoms with Crippen LogP contribution in [0.2, 0.25) is 0 Å². The molecular weight excluding hydrogens is 500 g/mol. The van der Waals surface area contributed by atoms with E-state index in [-0.39, 0.29) is 31.3 Å². The molecule has 0 aromatic heterocycles. The van der Waals surface area contributed by atoms with Gasteiger partial charge in [0.2, 0.25) is 5.91 Å². The van der Waals surface area contributed by atoms with E-state index < -0.39 is 23.0 Å². The highest BCUT2D eigenvalue weighted by Crippen LogP contribution is 2.47. The summed E-state index contributed by atoms with van der Waals surface area (Å²) in [6.45, 7) is 2.14. The zero-order valence-electron chi connectivity index (χ0n) is 22.0. The highest BCUT2D eigenvalue weighted by Gasteiger charge is 2.75. The van der Waals surface area contributed by atoms with Gasteiger partial charge in [-0.25, -0.2) is 4.79 Å². The monoisotopic (exact) mass is 534 g/mol. The molecule has 1 fully saturated rings. The number of anilines is 1. The number of amides is 2. The second-order valence-electron chi connectivity index (χ2n) is 10.1. The summed E-state index contributed by atoms with van der Waals surface area (Å²) in [5.41, 5.74) is 4.34. The Kier molecular flexibility index (Phi) is 8.57. The van der Waals surface area contributed by atoms with Crippen LogP contribution >= 0.6 is 0 Å². The molecule has 2 aliphatic heterocycles. The summed E-state index contributed by atoms with van der Waals surface area (Å²) >= 11 is 0. The van der Waals surface area contributed by atoms with E-state index in [2.05, 4.69) is 10.6 Å². The van der Waals surface area contributed by atoms with Crippen molar-refractivity contribution in [1.82, 2.24) is 10.6 Å². The molecule has 4 rings (SSSR count). The molecule has 10 nitrogen and oxygen atoms in total. The number of para-hydroxylation sites is 1. The van der Waals surface area contributed by atoms with Crippen LogP contribution in [0.5, 0.6) is 5.75 Å². The van der Waals surface area contributed by atoms with Crippen molar-refractivity contribution in [3.63, 3.8) is 0 Å². The Morgan fingerprint density at radius 3 is 2.59 bits per heavy atom. The van der Waals surface area contributed by atoms with Gasteiger partial charge in [-0.05, 0) is 55.6 Å². The lowest BCUT2D eigenvalue weighted by Crippen LogP contribution is -2.50. The van der Waals surface area contributed by atoms with Gasteiger partial charge in [-0.1, -0.05) is 37.6 Å².